The van der Waals surface area contributed by atoms with Crippen molar-refractivity contribution in [3.8, 4) is 11.1 Å². The summed E-state index contributed by atoms with van der Waals surface area (Å²) in [6, 6.07) is 7.57. The van der Waals surface area contributed by atoms with Gasteiger partial charge in [0.15, 0.2) is 0 Å². The molecule has 1 aliphatic rings. The second kappa shape index (κ2) is 3.70. The Hall–Kier alpha value is -1.61. The predicted octanol–water partition coefficient (Wildman–Crippen LogP) is 3.73. The monoisotopic (exact) mass is 272 g/mol. The second-order valence-electron chi connectivity index (χ2n) is 5.37. The van der Waals surface area contributed by atoms with Crippen LogP contribution in [0.25, 0.3) is 11.1 Å². The number of fused-ring (bicyclic) bond motifs is 3. The van der Waals surface area contributed by atoms with Gasteiger partial charge in [-0.15, -0.1) is 0 Å². The molecule has 0 N–H and O–H groups in total. The lowest BCUT2D eigenvalue weighted by molar-refractivity contribution is 0.598. The van der Waals surface area contributed by atoms with Crippen molar-refractivity contribution in [2.75, 3.05) is 0 Å². The molecule has 0 spiro atoms. The first-order chi connectivity index (χ1) is 8.82. The number of hydrogen-bond acceptors (Lipinski definition) is 2. The average molecular weight is 272 g/mol. The van der Waals surface area contributed by atoms with E-state index >= 15 is 0 Å². The lowest BCUT2D eigenvalue weighted by Gasteiger charge is -2.05. The summed E-state index contributed by atoms with van der Waals surface area (Å²) in [6.07, 6.45) is 0. The second-order valence-corrected chi connectivity index (χ2v) is 7.26. The molecule has 98 valence electrons. The van der Waals surface area contributed by atoms with Crippen LogP contribution in [-0.2, 0) is 9.84 Å². The van der Waals surface area contributed by atoms with Crippen LogP contribution < -0.4 is 0 Å². The highest BCUT2D eigenvalue weighted by atomic mass is 32.2. The summed E-state index contributed by atoms with van der Waals surface area (Å²) in [5.74, 6) is 0. The zero-order valence-electron chi connectivity index (χ0n) is 11.5. The lowest BCUT2D eigenvalue weighted by Crippen LogP contribution is -1.98. The topological polar surface area (TPSA) is 34.1 Å². The molecule has 0 saturated carbocycles. The van der Waals surface area contributed by atoms with Gasteiger partial charge in [0.25, 0.3) is 0 Å². The molecule has 2 aromatic carbocycles. The van der Waals surface area contributed by atoms with Crippen LogP contribution in [0.15, 0.2) is 34.1 Å². The number of sulfone groups is 1. The average Bonchev–Trinajstić information content (AvgIpc) is 2.52. The Morgan fingerprint density at radius 1 is 0.632 bits per heavy atom. The van der Waals surface area contributed by atoms with Gasteiger partial charge in [0.1, 0.15) is 0 Å². The highest BCUT2D eigenvalue weighted by Crippen LogP contribution is 2.45. The molecule has 3 heteroatoms. The summed E-state index contributed by atoms with van der Waals surface area (Å²) in [4.78, 5) is 0.909. The van der Waals surface area contributed by atoms with Crippen molar-refractivity contribution in [1.29, 1.82) is 0 Å². The maximum Gasteiger partial charge on any atom is 0.207 e. The third-order valence-corrected chi connectivity index (χ3v) is 5.89. The highest BCUT2D eigenvalue weighted by molar-refractivity contribution is 7.92. The zero-order chi connectivity index (χ0) is 13.9. The molecule has 0 aromatic heterocycles. The van der Waals surface area contributed by atoms with Gasteiger partial charge >= 0.3 is 0 Å². The summed E-state index contributed by atoms with van der Waals surface area (Å²) in [6.45, 7) is 7.93. The van der Waals surface area contributed by atoms with Gasteiger partial charge in [0.2, 0.25) is 9.84 Å². The third-order valence-electron chi connectivity index (χ3n) is 4.06. The van der Waals surface area contributed by atoms with Gasteiger partial charge in [-0.25, -0.2) is 8.42 Å². The molecule has 0 saturated heterocycles. The van der Waals surface area contributed by atoms with Crippen LogP contribution >= 0.6 is 0 Å². The van der Waals surface area contributed by atoms with E-state index in [1.54, 1.807) is 12.1 Å². The highest BCUT2D eigenvalue weighted by Gasteiger charge is 2.33. The molecular weight excluding hydrogens is 256 g/mol. The van der Waals surface area contributed by atoms with E-state index in [-0.39, 0.29) is 0 Å². The molecule has 3 rings (SSSR count). The lowest BCUT2D eigenvalue weighted by atomic mass is 9.98. The Morgan fingerprint density at radius 2 is 0.947 bits per heavy atom. The van der Waals surface area contributed by atoms with E-state index in [1.807, 2.05) is 39.8 Å². The van der Waals surface area contributed by atoms with Gasteiger partial charge in [0.05, 0.1) is 9.79 Å². The number of benzene rings is 2. The minimum absolute atomic E-state index is 0.454. The summed E-state index contributed by atoms with van der Waals surface area (Å²) in [5, 5.41) is 0. The first kappa shape index (κ1) is 12.4. The van der Waals surface area contributed by atoms with E-state index in [4.69, 9.17) is 0 Å². The molecule has 1 aliphatic heterocycles. The molecule has 0 fully saturated rings. The third kappa shape index (κ3) is 1.58. The van der Waals surface area contributed by atoms with Gasteiger partial charge < -0.3 is 0 Å². The largest absolute Gasteiger partial charge is 0.218 e. The Labute approximate surface area is 114 Å². The fraction of sp³-hybridized carbons (Fsp3) is 0.250. The van der Waals surface area contributed by atoms with Crippen molar-refractivity contribution in [1.82, 2.24) is 0 Å². The maximum atomic E-state index is 12.6. The number of rotatable bonds is 0. The smallest absolute Gasteiger partial charge is 0.207 e. The number of aryl methyl sites for hydroxylation is 4. The van der Waals surface area contributed by atoms with Crippen molar-refractivity contribution >= 4 is 9.84 Å². The Kier molecular flexibility index (Phi) is 2.42. The molecule has 2 nitrogen and oxygen atoms in total. The van der Waals surface area contributed by atoms with Gasteiger partial charge in [-0.05, 0) is 74.2 Å². The van der Waals surface area contributed by atoms with Crippen LogP contribution in [0.3, 0.4) is 0 Å². The first-order valence-electron chi connectivity index (χ1n) is 6.30. The molecule has 2 aromatic rings. The molecule has 0 unspecified atom stereocenters. The van der Waals surface area contributed by atoms with Crippen LogP contribution in [0.5, 0.6) is 0 Å². The van der Waals surface area contributed by atoms with Crippen molar-refractivity contribution in [2.24, 2.45) is 0 Å². The fourth-order valence-corrected chi connectivity index (χ4v) is 4.38. The summed E-state index contributed by atoms with van der Waals surface area (Å²) in [5.41, 5.74) is 5.98. The van der Waals surface area contributed by atoms with Crippen LogP contribution in [0.4, 0.5) is 0 Å². The molecule has 0 bridgehead atoms. The minimum atomic E-state index is -3.34. The van der Waals surface area contributed by atoms with E-state index in [9.17, 15) is 8.42 Å². The van der Waals surface area contributed by atoms with Crippen LogP contribution in [0, 0.1) is 27.7 Å². The van der Waals surface area contributed by atoms with E-state index < -0.39 is 9.84 Å². The van der Waals surface area contributed by atoms with Gasteiger partial charge in [-0.3, -0.25) is 0 Å². The first-order valence-corrected chi connectivity index (χ1v) is 7.78. The van der Waals surface area contributed by atoms with Crippen molar-refractivity contribution in [2.45, 2.75) is 37.5 Å². The molecule has 0 amide bonds. The predicted molar refractivity (Wildman–Crippen MR) is 76.3 cm³/mol. The molecular formula is C16H16O2S. The van der Waals surface area contributed by atoms with Gasteiger partial charge in [0, 0.05) is 11.1 Å². The van der Waals surface area contributed by atoms with Crippen molar-refractivity contribution in [3.05, 3.63) is 46.5 Å². The summed E-state index contributed by atoms with van der Waals surface area (Å²) in [7, 11) is -3.34. The van der Waals surface area contributed by atoms with E-state index in [0.29, 0.717) is 9.79 Å². The minimum Gasteiger partial charge on any atom is -0.218 e. The Bertz CT molecular complexity index is 752. The van der Waals surface area contributed by atoms with E-state index in [2.05, 4.69) is 0 Å². The summed E-state index contributed by atoms with van der Waals surface area (Å²) >= 11 is 0. The van der Waals surface area contributed by atoms with Crippen LogP contribution in [-0.4, -0.2) is 8.42 Å². The van der Waals surface area contributed by atoms with Crippen molar-refractivity contribution < 1.29 is 8.42 Å². The van der Waals surface area contributed by atoms with Gasteiger partial charge in [-0.2, -0.15) is 0 Å². The normalized spacial score (nSPS) is 15.2. The summed E-state index contributed by atoms with van der Waals surface area (Å²) < 4.78 is 25.2. The van der Waals surface area contributed by atoms with Crippen LogP contribution in [0.1, 0.15) is 22.3 Å². The Morgan fingerprint density at radius 3 is 1.32 bits per heavy atom. The SMILES string of the molecule is Cc1cc2c(cc1C)S(=O)(=O)c1cc(C)c(C)cc1-2. The van der Waals surface area contributed by atoms with Gasteiger partial charge in [-0.1, -0.05) is 0 Å². The molecule has 0 aliphatic carbocycles. The molecule has 0 radical (unpaired) electrons. The fourth-order valence-electron chi connectivity index (χ4n) is 2.56. The molecule has 19 heavy (non-hydrogen) atoms. The van der Waals surface area contributed by atoms with E-state index in [1.165, 1.54) is 0 Å². The maximum absolute atomic E-state index is 12.6. The van der Waals surface area contributed by atoms with Crippen LogP contribution in [0.2, 0.25) is 0 Å². The quantitative estimate of drug-likeness (QED) is 0.625. The zero-order valence-corrected chi connectivity index (χ0v) is 12.4. The van der Waals surface area contributed by atoms with E-state index in [0.717, 1.165) is 33.4 Å². The Balaban J connectivity index is 2.48. The standard InChI is InChI=1S/C16H16O2S/c1-9-5-13-14-6-10(2)12(4)8-16(14)19(17,18)15(13)7-11(9)3/h5-8H,1-4H3. The van der Waals surface area contributed by atoms with Crippen molar-refractivity contribution in [3.63, 3.8) is 0 Å². The molecule has 0 atom stereocenters. The number of hydrogen-bond donors (Lipinski definition) is 0. The molecule has 1 heterocycles.